The van der Waals surface area contributed by atoms with Crippen LogP contribution in [0.15, 0.2) is 0 Å². The van der Waals surface area contributed by atoms with E-state index in [4.69, 9.17) is 5.73 Å². The molecule has 2 fully saturated rings. The van der Waals surface area contributed by atoms with Crippen LogP contribution < -0.4 is 5.73 Å². The van der Waals surface area contributed by atoms with E-state index in [0.717, 1.165) is 25.7 Å². The Kier molecular flexibility index (Phi) is 3.84. The zero-order chi connectivity index (χ0) is 11.6. The first kappa shape index (κ1) is 12.3. The van der Waals surface area contributed by atoms with Crippen molar-refractivity contribution < 1.29 is 8.42 Å². The largest absolute Gasteiger partial charge is 0.330 e. The molecule has 16 heavy (non-hydrogen) atoms. The smallest absolute Gasteiger partial charge is 0.281 e. The summed E-state index contributed by atoms with van der Waals surface area (Å²) in [5.41, 5.74) is 5.51. The number of rotatable bonds is 3. The second-order valence-electron chi connectivity index (χ2n) is 4.74. The summed E-state index contributed by atoms with van der Waals surface area (Å²) in [4.78, 5) is 0. The Morgan fingerprint density at radius 3 is 2.06 bits per heavy atom. The molecule has 0 aromatic carbocycles. The van der Waals surface area contributed by atoms with Crippen LogP contribution in [-0.2, 0) is 10.2 Å². The summed E-state index contributed by atoms with van der Waals surface area (Å²) in [5.74, 6) is 0.363. The SMILES string of the molecule is NCC1CN(S(=O)(=O)N2CCCCCC2)C1. The van der Waals surface area contributed by atoms with Crippen molar-refractivity contribution in [3.05, 3.63) is 0 Å². The minimum atomic E-state index is -3.18. The van der Waals surface area contributed by atoms with Gasteiger partial charge in [-0.05, 0) is 25.3 Å². The molecule has 0 aromatic rings. The first-order valence-corrected chi connectivity index (χ1v) is 7.49. The first-order chi connectivity index (χ1) is 7.64. The fourth-order valence-electron chi connectivity index (χ4n) is 2.30. The summed E-state index contributed by atoms with van der Waals surface area (Å²) in [7, 11) is -3.18. The van der Waals surface area contributed by atoms with E-state index < -0.39 is 10.2 Å². The van der Waals surface area contributed by atoms with Crippen molar-refractivity contribution in [1.29, 1.82) is 0 Å². The van der Waals surface area contributed by atoms with E-state index in [1.54, 1.807) is 8.61 Å². The summed E-state index contributed by atoms with van der Waals surface area (Å²) < 4.78 is 27.6. The van der Waals surface area contributed by atoms with Gasteiger partial charge in [-0.25, -0.2) is 0 Å². The number of nitrogens with zero attached hydrogens (tertiary/aromatic N) is 2. The lowest BCUT2D eigenvalue weighted by Gasteiger charge is -2.40. The number of hydrogen-bond acceptors (Lipinski definition) is 3. The average molecular weight is 247 g/mol. The predicted octanol–water partition coefficient (Wildman–Crippen LogP) is -0.00230. The fourth-order valence-corrected chi connectivity index (χ4v) is 4.14. The van der Waals surface area contributed by atoms with Crippen LogP contribution in [0.5, 0.6) is 0 Å². The van der Waals surface area contributed by atoms with Crippen LogP contribution in [0.3, 0.4) is 0 Å². The highest BCUT2D eigenvalue weighted by atomic mass is 32.2. The van der Waals surface area contributed by atoms with E-state index in [-0.39, 0.29) is 0 Å². The Labute approximate surface area is 97.8 Å². The highest BCUT2D eigenvalue weighted by Crippen LogP contribution is 2.23. The second kappa shape index (κ2) is 5.00. The van der Waals surface area contributed by atoms with Gasteiger partial charge in [0.15, 0.2) is 0 Å². The molecule has 2 aliphatic heterocycles. The topological polar surface area (TPSA) is 66.6 Å². The second-order valence-corrected chi connectivity index (χ2v) is 6.67. The molecular formula is C10H21N3O2S. The van der Waals surface area contributed by atoms with Gasteiger partial charge in [0, 0.05) is 26.2 Å². The normalized spacial score (nSPS) is 26.3. The molecule has 0 unspecified atom stereocenters. The zero-order valence-corrected chi connectivity index (χ0v) is 10.5. The molecule has 0 aliphatic carbocycles. The summed E-state index contributed by atoms with van der Waals surface area (Å²) in [5, 5.41) is 0. The maximum atomic E-state index is 12.2. The lowest BCUT2D eigenvalue weighted by molar-refractivity contribution is 0.191. The summed E-state index contributed by atoms with van der Waals surface area (Å²) in [6, 6.07) is 0. The van der Waals surface area contributed by atoms with Gasteiger partial charge >= 0.3 is 0 Å². The highest BCUT2D eigenvalue weighted by molar-refractivity contribution is 7.86. The van der Waals surface area contributed by atoms with Crippen LogP contribution in [0, 0.1) is 5.92 Å². The molecule has 2 N–H and O–H groups in total. The van der Waals surface area contributed by atoms with Crippen molar-refractivity contribution in [1.82, 2.24) is 8.61 Å². The minimum absolute atomic E-state index is 0.363. The van der Waals surface area contributed by atoms with Crippen molar-refractivity contribution >= 4 is 10.2 Å². The lowest BCUT2D eigenvalue weighted by Crippen LogP contribution is -2.56. The van der Waals surface area contributed by atoms with E-state index >= 15 is 0 Å². The van der Waals surface area contributed by atoms with Gasteiger partial charge in [0.05, 0.1) is 0 Å². The summed E-state index contributed by atoms with van der Waals surface area (Å²) >= 11 is 0. The molecule has 5 nitrogen and oxygen atoms in total. The molecule has 6 heteroatoms. The Morgan fingerprint density at radius 1 is 1.00 bits per heavy atom. The molecule has 0 amide bonds. The van der Waals surface area contributed by atoms with Gasteiger partial charge in [-0.2, -0.15) is 17.0 Å². The molecule has 94 valence electrons. The van der Waals surface area contributed by atoms with Gasteiger partial charge in [-0.15, -0.1) is 0 Å². The molecule has 2 rings (SSSR count). The monoisotopic (exact) mass is 247 g/mol. The van der Waals surface area contributed by atoms with Crippen molar-refractivity contribution in [2.24, 2.45) is 11.7 Å². The third kappa shape index (κ3) is 2.40. The first-order valence-electron chi connectivity index (χ1n) is 6.10. The van der Waals surface area contributed by atoms with Crippen molar-refractivity contribution in [3.63, 3.8) is 0 Å². The zero-order valence-electron chi connectivity index (χ0n) is 9.64. The van der Waals surface area contributed by atoms with Crippen molar-refractivity contribution in [3.8, 4) is 0 Å². The quantitative estimate of drug-likeness (QED) is 0.763. The minimum Gasteiger partial charge on any atom is -0.330 e. The molecule has 2 heterocycles. The van der Waals surface area contributed by atoms with Crippen LogP contribution in [0.2, 0.25) is 0 Å². The standard InChI is InChI=1S/C10H21N3O2S/c11-7-10-8-13(9-10)16(14,15)12-5-3-1-2-4-6-12/h10H,1-9,11H2. The highest BCUT2D eigenvalue weighted by Gasteiger charge is 2.38. The Bertz CT molecular complexity index is 317. The lowest BCUT2D eigenvalue weighted by atomic mass is 10.0. The van der Waals surface area contributed by atoms with E-state index in [1.165, 1.54) is 0 Å². The third-order valence-corrected chi connectivity index (χ3v) is 5.44. The maximum Gasteiger partial charge on any atom is 0.281 e. The van der Waals surface area contributed by atoms with E-state index in [0.29, 0.717) is 38.6 Å². The Morgan fingerprint density at radius 2 is 1.56 bits per heavy atom. The Hall–Kier alpha value is -0.170. The van der Waals surface area contributed by atoms with E-state index in [1.807, 2.05) is 0 Å². The van der Waals surface area contributed by atoms with Gasteiger partial charge < -0.3 is 5.73 Å². The molecule has 0 radical (unpaired) electrons. The van der Waals surface area contributed by atoms with E-state index in [2.05, 4.69) is 0 Å². The number of hydrogen-bond donors (Lipinski definition) is 1. The third-order valence-electron chi connectivity index (χ3n) is 3.47. The molecular weight excluding hydrogens is 226 g/mol. The van der Waals surface area contributed by atoms with Gasteiger partial charge in [0.25, 0.3) is 10.2 Å². The summed E-state index contributed by atoms with van der Waals surface area (Å²) in [6.07, 6.45) is 4.29. The van der Waals surface area contributed by atoms with Gasteiger partial charge in [0.2, 0.25) is 0 Å². The van der Waals surface area contributed by atoms with Crippen LogP contribution >= 0.6 is 0 Å². The molecule has 2 saturated heterocycles. The maximum absolute atomic E-state index is 12.2. The molecule has 0 spiro atoms. The molecule has 0 bridgehead atoms. The molecule has 0 aromatic heterocycles. The predicted molar refractivity (Wildman–Crippen MR) is 63.1 cm³/mol. The van der Waals surface area contributed by atoms with Crippen LogP contribution in [0.25, 0.3) is 0 Å². The molecule has 0 saturated carbocycles. The van der Waals surface area contributed by atoms with Crippen LogP contribution in [0.1, 0.15) is 25.7 Å². The fraction of sp³-hybridized carbons (Fsp3) is 1.00. The number of nitrogens with two attached hydrogens (primary N) is 1. The van der Waals surface area contributed by atoms with Gasteiger partial charge in [0.1, 0.15) is 0 Å². The van der Waals surface area contributed by atoms with Crippen LogP contribution in [-0.4, -0.2) is 49.8 Å². The average Bonchev–Trinajstić information content (AvgIpc) is 2.43. The summed E-state index contributed by atoms with van der Waals surface area (Å²) in [6.45, 7) is 3.18. The molecule has 0 atom stereocenters. The van der Waals surface area contributed by atoms with Gasteiger partial charge in [-0.3, -0.25) is 0 Å². The van der Waals surface area contributed by atoms with E-state index in [9.17, 15) is 8.42 Å². The van der Waals surface area contributed by atoms with Crippen LogP contribution in [0.4, 0.5) is 0 Å². The van der Waals surface area contributed by atoms with Gasteiger partial charge in [-0.1, -0.05) is 12.8 Å². The Balaban J connectivity index is 1.96. The van der Waals surface area contributed by atoms with Crippen molar-refractivity contribution in [2.75, 3.05) is 32.7 Å². The van der Waals surface area contributed by atoms with Crippen molar-refractivity contribution in [2.45, 2.75) is 25.7 Å². The molecule has 2 aliphatic rings.